The Morgan fingerprint density at radius 2 is 1.78 bits per heavy atom. The molecule has 0 aliphatic heterocycles. The first-order chi connectivity index (χ1) is 8.34. The smallest absolute Gasteiger partial charge is 0.325 e. The molecule has 2 rings (SSSR count). The quantitative estimate of drug-likeness (QED) is 0.705. The van der Waals surface area contributed by atoms with Gasteiger partial charge in [-0.05, 0) is 21.0 Å². The van der Waals surface area contributed by atoms with Crippen LogP contribution in [0.3, 0.4) is 0 Å². The van der Waals surface area contributed by atoms with E-state index in [2.05, 4.69) is 4.98 Å². The Hall–Kier alpha value is -1.89. The monoisotopic (exact) mass is 251 g/mol. The Balaban J connectivity index is 2.97. The summed E-state index contributed by atoms with van der Waals surface area (Å²) in [6, 6.07) is 0. The predicted molar refractivity (Wildman–Crippen MR) is 68.6 cm³/mol. The molecule has 0 fully saturated rings. The summed E-state index contributed by atoms with van der Waals surface area (Å²) in [4.78, 5) is 30.4. The largest absolute Gasteiger partial charge is 0.333 e. The Bertz CT molecular complexity index is 720. The first-order valence-electron chi connectivity index (χ1n) is 5.62. The molecule has 0 radical (unpaired) electrons. The molecule has 0 unspecified atom stereocenters. The van der Waals surface area contributed by atoms with Crippen molar-refractivity contribution in [2.75, 3.05) is 14.1 Å². The van der Waals surface area contributed by atoms with Gasteiger partial charge in [-0.1, -0.05) is 0 Å². The number of aryl methyl sites for hydroxylation is 2. The van der Waals surface area contributed by atoms with Crippen LogP contribution >= 0.6 is 0 Å². The van der Waals surface area contributed by atoms with Gasteiger partial charge in [0.25, 0.3) is 5.56 Å². The maximum absolute atomic E-state index is 12.1. The van der Waals surface area contributed by atoms with Crippen LogP contribution in [0.1, 0.15) is 5.82 Å². The molecule has 7 heteroatoms. The van der Waals surface area contributed by atoms with E-state index >= 15 is 0 Å². The number of imidazole rings is 1. The van der Waals surface area contributed by atoms with E-state index in [4.69, 9.17) is 0 Å². The summed E-state index contributed by atoms with van der Waals surface area (Å²) in [5, 5.41) is 0. The van der Waals surface area contributed by atoms with Crippen molar-refractivity contribution in [1.82, 2.24) is 23.6 Å². The minimum atomic E-state index is -0.348. The van der Waals surface area contributed by atoms with Crippen LogP contribution in [0.4, 0.5) is 0 Å². The van der Waals surface area contributed by atoms with Crippen molar-refractivity contribution >= 4 is 11.2 Å². The number of nitrogens with zero attached hydrogens (tertiary/aromatic N) is 5. The van der Waals surface area contributed by atoms with Crippen LogP contribution in [-0.4, -0.2) is 37.7 Å². The van der Waals surface area contributed by atoms with Gasteiger partial charge in [-0.25, -0.2) is 9.78 Å². The standard InChI is InChI=1S/C11H17N5O2/c1-7-12-9-8(14(7)4)10(17)15(5)11(18)16(9)6-13(2)3/h6H2,1-5H3. The normalized spacial score (nSPS) is 11.7. The summed E-state index contributed by atoms with van der Waals surface area (Å²) in [6.45, 7) is 2.20. The van der Waals surface area contributed by atoms with E-state index in [0.717, 1.165) is 4.57 Å². The molecule has 0 saturated carbocycles. The molecule has 2 heterocycles. The van der Waals surface area contributed by atoms with Gasteiger partial charge in [0.1, 0.15) is 5.82 Å². The third-order valence-electron chi connectivity index (χ3n) is 3.01. The van der Waals surface area contributed by atoms with E-state index in [9.17, 15) is 9.59 Å². The first-order valence-corrected chi connectivity index (χ1v) is 5.62. The van der Waals surface area contributed by atoms with Crippen molar-refractivity contribution < 1.29 is 0 Å². The zero-order chi connectivity index (χ0) is 13.6. The lowest BCUT2D eigenvalue weighted by Gasteiger charge is -2.13. The maximum Gasteiger partial charge on any atom is 0.333 e. The van der Waals surface area contributed by atoms with E-state index < -0.39 is 0 Å². The fraction of sp³-hybridized carbons (Fsp3) is 0.545. The molecular weight excluding hydrogens is 234 g/mol. The molecule has 0 spiro atoms. The molecule has 0 aromatic carbocycles. The molecular formula is C11H17N5O2. The van der Waals surface area contributed by atoms with E-state index in [1.54, 1.807) is 11.6 Å². The third kappa shape index (κ3) is 1.67. The average molecular weight is 251 g/mol. The summed E-state index contributed by atoms with van der Waals surface area (Å²) in [5.41, 5.74) is 0.237. The van der Waals surface area contributed by atoms with Crippen LogP contribution in [-0.2, 0) is 20.8 Å². The van der Waals surface area contributed by atoms with Crippen molar-refractivity contribution in [2.45, 2.75) is 13.6 Å². The summed E-state index contributed by atoms with van der Waals surface area (Å²) in [6.07, 6.45) is 0. The van der Waals surface area contributed by atoms with Crippen molar-refractivity contribution in [3.8, 4) is 0 Å². The molecule has 2 aromatic rings. The fourth-order valence-electron chi connectivity index (χ4n) is 1.95. The van der Waals surface area contributed by atoms with Gasteiger partial charge in [0, 0.05) is 14.1 Å². The van der Waals surface area contributed by atoms with Gasteiger partial charge in [0.15, 0.2) is 11.2 Å². The van der Waals surface area contributed by atoms with Crippen LogP contribution in [0.2, 0.25) is 0 Å². The van der Waals surface area contributed by atoms with Gasteiger partial charge in [-0.2, -0.15) is 0 Å². The van der Waals surface area contributed by atoms with Gasteiger partial charge in [-0.3, -0.25) is 18.8 Å². The topological polar surface area (TPSA) is 65.1 Å². The average Bonchev–Trinajstić information content (AvgIpc) is 2.58. The second-order valence-corrected chi connectivity index (χ2v) is 4.69. The highest BCUT2D eigenvalue weighted by Crippen LogP contribution is 2.08. The summed E-state index contributed by atoms with van der Waals surface area (Å²) >= 11 is 0. The van der Waals surface area contributed by atoms with Crippen LogP contribution in [0.25, 0.3) is 11.2 Å². The number of rotatable bonds is 2. The van der Waals surface area contributed by atoms with Crippen LogP contribution in [0, 0.1) is 6.92 Å². The molecule has 18 heavy (non-hydrogen) atoms. The number of hydrogen-bond donors (Lipinski definition) is 0. The molecule has 2 aromatic heterocycles. The van der Waals surface area contributed by atoms with Crippen molar-refractivity contribution in [2.24, 2.45) is 14.1 Å². The Morgan fingerprint density at radius 3 is 2.33 bits per heavy atom. The SMILES string of the molecule is Cc1nc2c(c(=O)n(C)c(=O)n2CN(C)C)n1C. The second-order valence-electron chi connectivity index (χ2n) is 4.69. The van der Waals surface area contributed by atoms with Crippen LogP contribution in [0.5, 0.6) is 0 Å². The molecule has 0 saturated heterocycles. The zero-order valence-corrected chi connectivity index (χ0v) is 11.3. The van der Waals surface area contributed by atoms with E-state index in [0.29, 0.717) is 23.7 Å². The predicted octanol–water partition coefficient (Wildman–Crippen LogP) is -0.739. The lowest BCUT2D eigenvalue weighted by atomic mass is 10.5. The number of fused-ring (bicyclic) bond motifs is 1. The minimum absolute atomic E-state index is 0.312. The minimum Gasteiger partial charge on any atom is -0.325 e. The summed E-state index contributed by atoms with van der Waals surface area (Å²) in [7, 11) is 6.98. The van der Waals surface area contributed by atoms with Gasteiger partial charge in [0.05, 0.1) is 6.67 Å². The molecule has 0 aliphatic rings. The van der Waals surface area contributed by atoms with E-state index in [1.165, 1.54) is 11.6 Å². The molecule has 0 aliphatic carbocycles. The van der Waals surface area contributed by atoms with Crippen molar-refractivity contribution in [1.29, 1.82) is 0 Å². The Morgan fingerprint density at radius 1 is 1.17 bits per heavy atom. The lowest BCUT2D eigenvalue weighted by molar-refractivity contribution is 0.320. The van der Waals surface area contributed by atoms with Gasteiger partial charge < -0.3 is 4.57 Å². The van der Waals surface area contributed by atoms with Crippen molar-refractivity contribution in [3.63, 3.8) is 0 Å². The summed E-state index contributed by atoms with van der Waals surface area (Å²) in [5.74, 6) is 0.709. The highest BCUT2D eigenvalue weighted by Gasteiger charge is 2.16. The van der Waals surface area contributed by atoms with E-state index in [1.807, 2.05) is 25.9 Å². The second kappa shape index (κ2) is 4.09. The van der Waals surface area contributed by atoms with Gasteiger partial charge in [-0.15, -0.1) is 0 Å². The Labute approximate surface area is 104 Å². The third-order valence-corrected chi connectivity index (χ3v) is 3.01. The summed E-state index contributed by atoms with van der Waals surface area (Å²) < 4.78 is 4.33. The molecule has 0 bridgehead atoms. The van der Waals surface area contributed by atoms with Gasteiger partial charge in [0.2, 0.25) is 0 Å². The van der Waals surface area contributed by atoms with Crippen molar-refractivity contribution in [3.05, 3.63) is 26.7 Å². The molecule has 7 nitrogen and oxygen atoms in total. The van der Waals surface area contributed by atoms with Gasteiger partial charge >= 0.3 is 5.69 Å². The zero-order valence-electron chi connectivity index (χ0n) is 11.3. The molecule has 98 valence electrons. The lowest BCUT2D eigenvalue weighted by Crippen LogP contribution is -2.40. The Kier molecular flexibility index (Phi) is 2.86. The first kappa shape index (κ1) is 12.6. The maximum atomic E-state index is 12.1. The van der Waals surface area contributed by atoms with Crippen LogP contribution < -0.4 is 11.2 Å². The number of hydrogen-bond acceptors (Lipinski definition) is 4. The molecule has 0 amide bonds. The van der Waals surface area contributed by atoms with Crippen LogP contribution in [0.15, 0.2) is 9.59 Å². The highest BCUT2D eigenvalue weighted by atomic mass is 16.2. The molecule has 0 N–H and O–H groups in total. The number of aromatic nitrogens is 4. The van der Waals surface area contributed by atoms with E-state index in [-0.39, 0.29) is 11.2 Å². The highest BCUT2D eigenvalue weighted by molar-refractivity contribution is 5.70. The molecule has 0 atom stereocenters. The fourth-order valence-corrected chi connectivity index (χ4v) is 1.95.